The van der Waals surface area contributed by atoms with Gasteiger partial charge in [-0.05, 0) is 37.0 Å². The molecule has 4 heteroatoms. The molecular weight excluding hydrogens is 242 g/mol. The van der Waals surface area contributed by atoms with Crippen LogP contribution in [-0.4, -0.2) is 19.2 Å². The number of carbonyl (C=O) groups is 1. The largest absolute Gasteiger partial charge is 0.494 e. The molecular formula is C15H23NO3. The summed E-state index contributed by atoms with van der Waals surface area (Å²) in [5, 5.41) is 0. The minimum absolute atomic E-state index is 0.330. The van der Waals surface area contributed by atoms with Gasteiger partial charge in [0.25, 0.3) is 0 Å². The molecule has 0 saturated heterocycles. The van der Waals surface area contributed by atoms with Gasteiger partial charge in [0.15, 0.2) is 0 Å². The number of benzene rings is 1. The summed E-state index contributed by atoms with van der Waals surface area (Å²) in [5.74, 6) is 0.921. The first kappa shape index (κ1) is 15.5. The van der Waals surface area contributed by atoms with E-state index in [-0.39, 0.29) is 0 Å². The Kier molecular flexibility index (Phi) is 6.36. The molecule has 0 bridgehead atoms. The molecule has 1 aromatic carbocycles. The van der Waals surface area contributed by atoms with Crippen LogP contribution in [0.5, 0.6) is 5.75 Å². The van der Waals surface area contributed by atoms with Crippen LogP contribution in [0.3, 0.4) is 0 Å². The average Bonchev–Trinajstić information content (AvgIpc) is 2.38. The highest BCUT2D eigenvalue weighted by molar-refractivity contribution is 5.77. The summed E-state index contributed by atoms with van der Waals surface area (Å²) in [6.45, 7) is 7.05. The van der Waals surface area contributed by atoms with Crippen LogP contribution in [0.25, 0.3) is 0 Å². The van der Waals surface area contributed by atoms with E-state index in [0.717, 1.165) is 12.2 Å². The van der Waals surface area contributed by atoms with Crippen molar-refractivity contribution in [1.82, 2.24) is 0 Å². The van der Waals surface area contributed by atoms with E-state index in [1.165, 1.54) is 0 Å². The quantitative estimate of drug-likeness (QED) is 0.770. The fraction of sp³-hybridized carbons (Fsp3) is 0.533. The Hall–Kier alpha value is -1.55. The Morgan fingerprint density at radius 2 is 2.11 bits per heavy atom. The zero-order valence-electron chi connectivity index (χ0n) is 11.9. The summed E-state index contributed by atoms with van der Waals surface area (Å²) in [4.78, 5) is 11.6. The van der Waals surface area contributed by atoms with Gasteiger partial charge in [-0.1, -0.05) is 26.0 Å². The highest BCUT2D eigenvalue weighted by Gasteiger charge is 2.17. The lowest BCUT2D eigenvalue weighted by Gasteiger charge is -2.13. The fourth-order valence-electron chi connectivity index (χ4n) is 1.58. The molecule has 0 heterocycles. The molecule has 19 heavy (non-hydrogen) atoms. The Bertz CT molecular complexity index is 404. The van der Waals surface area contributed by atoms with Crippen LogP contribution in [0.15, 0.2) is 24.3 Å². The van der Waals surface area contributed by atoms with E-state index in [2.05, 4.69) is 13.8 Å². The topological polar surface area (TPSA) is 61.5 Å². The molecule has 1 aromatic rings. The number of hydrogen-bond acceptors (Lipinski definition) is 4. The predicted molar refractivity (Wildman–Crippen MR) is 75.0 cm³/mol. The van der Waals surface area contributed by atoms with Crippen LogP contribution in [0.2, 0.25) is 0 Å². The van der Waals surface area contributed by atoms with Crippen molar-refractivity contribution >= 4 is 5.97 Å². The van der Waals surface area contributed by atoms with Crippen LogP contribution < -0.4 is 10.5 Å². The molecule has 0 aliphatic rings. The van der Waals surface area contributed by atoms with E-state index in [9.17, 15) is 4.79 Å². The van der Waals surface area contributed by atoms with E-state index in [0.29, 0.717) is 24.7 Å². The molecule has 0 spiro atoms. The smallest absolute Gasteiger partial charge is 0.327 e. The standard InChI is InChI=1S/C15H23NO3/c1-4-18-15(17)14(16)12-6-5-7-13(10-12)19-9-8-11(2)3/h5-7,10-11,14H,4,8-9,16H2,1-3H3. The van der Waals surface area contributed by atoms with Gasteiger partial charge in [0.1, 0.15) is 11.8 Å². The van der Waals surface area contributed by atoms with Gasteiger partial charge in [-0.3, -0.25) is 0 Å². The minimum Gasteiger partial charge on any atom is -0.494 e. The van der Waals surface area contributed by atoms with Gasteiger partial charge < -0.3 is 15.2 Å². The van der Waals surface area contributed by atoms with E-state index in [4.69, 9.17) is 15.2 Å². The Morgan fingerprint density at radius 1 is 1.37 bits per heavy atom. The molecule has 4 nitrogen and oxygen atoms in total. The van der Waals surface area contributed by atoms with Crippen LogP contribution in [-0.2, 0) is 9.53 Å². The molecule has 1 atom stereocenters. The lowest BCUT2D eigenvalue weighted by molar-refractivity contribution is -0.144. The lowest BCUT2D eigenvalue weighted by Crippen LogP contribution is -2.23. The maximum atomic E-state index is 11.6. The van der Waals surface area contributed by atoms with Gasteiger partial charge in [0.2, 0.25) is 0 Å². The molecule has 0 saturated carbocycles. The van der Waals surface area contributed by atoms with Gasteiger partial charge in [0.05, 0.1) is 13.2 Å². The van der Waals surface area contributed by atoms with Crippen LogP contribution in [0, 0.1) is 5.92 Å². The van der Waals surface area contributed by atoms with Crippen LogP contribution in [0.1, 0.15) is 38.8 Å². The molecule has 106 valence electrons. The van der Waals surface area contributed by atoms with Gasteiger partial charge in [-0.15, -0.1) is 0 Å². The van der Waals surface area contributed by atoms with Crippen molar-refractivity contribution in [3.8, 4) is 5.75 Å². The maximum absolute atomic E-state index is 11.6. The van der Waals surface area contributed by atoms with Gasteiger partial charge >= 0.3 is 5.97 Å². The van der Waals surface area contributed by atoms with E-state index in [1.807, 2.05) is 12.1 Å². The Labute approximate surface area is 114 Å². The second kappa shape index (κ2) is 7.79. The molecule has 0 aromatic heterocycles. The van der Waals surface area contributed by atoms with Crippen molar-refractivity contribution < 1.29 is 14.3 Å². The van der Waals surface area contributed by atoms with Crippen molar-refractivity contribution in [2.24, 2.45) is 11.7 Å². The molecule has 1 rings (SSSR count). The maximum Gasteiger partial charge on any atom is 0.327 e. The normalized spacial score (nSPS) is 12.3. The Balaban J connectivity index is 2.63. The number of ether oxygens (including phenoxy) is 2. The summed E-state index contributed by atoms with van der Waals surface area (Å²) < 4.78 is 10.5. The molecule has 0 amide bonds. The van der Waals surface area contributed by atoms with Gasteiger partial charge in [-0.25, -0.2) is 4.79 Å². The first-order chi connectivity index (χ1) is 9.04. The van der Waals surface area contributed by atoms with E-state index in [1.54, 1.807) is 19.1 Å². The lowest BCUT2D eigenvalue weighted by atomic mass is 10.1. The number of carbonyl (C=O) groups excluding carboxylic acids is 1. The van der Waals surface area contributed by atoms with E-state index < -0.39 is 12.0 Å². The van der Waals surface area contributed by atoms with Gasteiger partial charge in [0, 0.05) is 0 Å². The molecule has 2 N–H and O–H groups in total. The molecule has 0 radical (unpaired) electrons. The van der Waals surface area contributed by atoms with Gasteiger partial charge in [-0.2, -0.15) is 0 Å². The van der Waals surface area contributed by atoms with Crippen LogP contribution in [0.4, 0.5) is 0 Å². The SMILES string of the molecule is CCOC(=O)C(N)c1cccc(OCCC(C)C)c1. The van der Waals surface area contributed by atoms with Crippen molar-refractivity contribution in [2.45, 2.75) is 33.2 Å². The first-order valence-corrected chi connectivity index (χ1v) is 6.69. The number of esters is 1. The molecule has 0 aliphatic carbocycles. The Morgan fingerprint density at radius 3 is 2.74 bits per heavy atom. The number of nitrogens with two attached hydrogens (primary N) is 1. The van der Waals surface area contributed by atoms with Crippen molar-refractivity contribution in [3.05, 3.63) is 29.8 Å². The first-order valence-electron chi connectivity index (χ1n) is 6.69. The highest BCUT2D eigenvalue weighted by Crippen LogP contribution is 2.19. The fourth-order valence-corrected chi connectivity index (χ4v) is 1.58. The second-order valence-electron chi connectivity index (χ2n) is 4.83. The zero-order chi connectivity index (χ0) is 14.3. The average molecular weight is 265 g/mol. The highest BCUT2D eigenvalue weighted by atomic mass is 16.5. The summed E-state index contributed by atoms with van der Waals surface area (Å²) in [6, 6.07) is 6.54. The number of rotatable bonds is 7. The zero-order valence-corrected chi connectivity index (χ0v) is 11.9. The van der Waals surface area contributed by atoms with Crippen molar-refractivity contribution in [3.63, 3.8) is 0 Å². The van der Waals surface area contributed by atoms with Crippen LogP contribution >= 0.6 is 0 Å². The third-order valence-corrected chi connectivity index (χ3v) is 2.72. The predicted octanol–water partition coefficient (Wildman–Crippen LogP) is 2.67. The van der Waals surface area contributed by atoms with E-state index >= 15 is 0 Å². The molecule has 1 unspecified atom stereocenters. The summed E-state index contributed by atoms with van der Waals surface area (Å²) >= 11 is 0. The second-order valence-corrected chi connectivity index (χ2v) is 4.83. The third-order valence-electron chi connectivity index (χ3n) is 2.72. The van der Waals surface area contributed by atoms with Crippen molar-refractivity contribution in [1.29, 1.82) is 0 Å². The molecule has 0 fully saturated rings. The molecule has 0 aliphatic heterocycles. The summed E-state index contributed by atoms with van der Waals surface area (Å²) in [7, 11) is 0. The number of hydrogen-bond donors (Lipinski definition) is 1. The van der Waals surface area contributed by atoms with Crippen molar-refractivity contribution in [2.75, 3.05) is 13.2 Å². The third kappa shape index (κ3) is 5.30. The monoisotopic (exact) mass is 265 g/mol. The summed E-state index contributed by atoms with van der Waals surface area (Å²) in [6.07, 6.45) is 0.994. The summed E-state index contributed by atoms with van der Waals surface area (Å²) in [5.41, 5.74) is 6.55. The minimum atomic E-state index is -0.756.